The minimum atomic E-state index is 0.251. The third-order valence-electron chi connectivity index (χ3n) is 3.45. The van der Waals surface area contributed by atoms with E-state index in [1.165, 1.54) is 5.56 Å². The number of rotatable bonds is 7. The number of benzene rings is 1. The second-order valence-electron chi connectivity index (χ2n) is 5.21. The third-order valence-corrected chi connectivity index (χ3v) is 3.45. The quantitative estimate of drug-likeness (QED) is 0.815. The van der Waals surface area contributed by atoms with E-state index in [1.54, 1.807) is 0 Å². The molecule has 2 atom stereocenters. The molecular formula is C16H23N3O. The largest absolute Gasteiger partial charge is 0.396 e. The molecule has 0 amide bonds. The van der Waals surface area contributed by atoms with E-state index >= 15 is 0 Å². The average molecular weight is 273 g/mol. The number of hydrogen-bond donors (Lipinski definition) is 2. The number of hydrogen-bond acceptors (Lipinski definition) is 3. The molecule has 0 fully saturated rings. The summed E-state index contributed by atoms with van der Waals surface area (Å²) in [6.45, 7) is 4.54. The molecule has 0 saturated carbocycles. The van der Waals surface area contributed by atoms with Gasteiger partial charge >= 0.3 is 0 Å². The van der Waals surface area contributed by atoms with Gasteiger partial charge in [-0.1, -0.05) is 18.2 Å². The van der Waals surface area contributed by atoms with Crippen molar-refractivity contribution in [1.82, 2.24) is 15.1 Å². The molecule has 0 radical (unpaired) electrons. The van der Waals surface area contributed by atoms with Crippen molar-refractivity contribution < 1.29 is 5.11 Å². The van der Waals surface area contributed by atoms with Crippen LogP contribution in [0.2, 0.25) is 0 Å². The number of aliphatic hydroxyl groups excluding tert-OH is 1. The third kappa shape index (κ3) is 3.92. The molecule has 4 nitrogen and oxygen atoms in total. The Morgan fingerprint density at radius 2 is 2.00 bits per heavy atom. The summed E-state index contributed by atoms with van der Waals surface area (Å²) in [6.07, 6.45) is 5.78. The van der Waals surface area contributed by atoms with Crippen LogP contribution in [0.1, 0.15) is 38.3 Å². The fraction of sp³-hybridized carbons (Fsp3) is 0.438. The normalized spacial score (nSPS) is 14.2. The van der Waals surface area contributed by atoms with Gasteiger partial charge in [-0.2, -0.15) is 5.10 Å². The van der Waals surface area contributed by atoms with Gasteiger partial charge in [0, 0.05) is 30.5 Å². The van der Waals surface area contributed by atoms with Crippen LogP contribution < -0.4 is 5.32 Å². The summed E-state index contributed by atoms with van der Waals surface area (Å²) in [6, 6.07) is 10.7. The van der Waals surface area contributed by atoms with Crippen LogP contribution in [0.25, 0.3) is 5.69 Å². The summed E-state index contributed by atoms with van der Waals surface area (Å²) < 4.78 is 1.89. The molecular weight excluding hydrogens is 250 g/mol. The van der Waals surface area contributed by atoms with Gasteiger partial charge in [-0.15, -0.1) is 0 Å². The summed E-state index contributed by atoms with van der Waals surface area (Å²) >= 11 is 0. The first-order chi connectivity index (χ1) is 9.70. The second-order valence-corrected chi connectivity index (χ2v) is 5.21. The lowest BCUT2D eigenvalue weighted by Crippen LogP contribution is -2.28. The zero-order valence-corrected chi connectivity index (χ0v) is 12.2. The summed E-state index contributed by atoms with van der Waals surface area (Å²) in [5.41, 5.74) is 2.24. The highest BCUT2D eigenvalue weighted by atomic mass is 16.2. The number of nitrogens with zero attached hydrogens (tertiary/aromatic N) is 2. The Kier molecular flexibility index (Phi) is 5.32. The van der Waals surface area contributed by atoms with Crippen molar-refractivity contribution in [2.24, 2.45) is 0 Å². The van der Waals surface area contributed by atoms with Crippen molar-refractivity contribution in [1.29, 1.82) is 0 Å². The minimum Gasteiger partial charge on any atom is -0.396 e. The number of aliphatic hydroxyl groups is 1. The van der Waals surface area contributed by atoms with Gasteiger partial charge in [-0.3, -0.25) is 0 Å². The molecule has 1 heterocycles. The fourth-order valence-electron chi connectivity index (χ4n) is 2.29. The van der Waals surface area contributed by atoms with Crippen LogP contribution in [-0.2, 0) is 0 Å². The average Bonchev–Trinajstić information content (AvgIpc) is 2.96. The van der Waals surface area contributed by atoms with E-state index in [4.69, 9.17) is 5.11 Å². The molecule has 2 N–H and O–H groups in total. The summed E-state index contributed by atoms with van der Waals surface area (Å²) in [5, 5.41) is 16.8. The fourth-order valence-corrected chi connectivity index (χ4v) is 2.29. The highest BCUT2D eigenvalue weighted by molar-refractivity contribution is 5.31. The van der Waals surface area contributed by atoms with Crippen molar-refractivity contribution in [2.75, 3.05) is 6.61 Å². The van der Waals surface area contributed by atoms with Gasteiger partial charge in [-0.25, -0.2) is 4.68 Å². The molecule has 0 saturated heterocycles. The molecule has 0 aliphatic carbocycles. The Morgan fingerprint density at radius 3 is 2.70 bits per heavy atom. The second kappa shape index (κ2) is 7.22. The zero-order chi connectivity index (χ0) is 14.4. The van der Waals surface area contributed by atoms with Crippen LogP contribution in [0, 0.1) is 0 Å². The topological polar surface area (TPSA) is 50.1 Å². The number of aromatic nitrogens is 2. The van der Waals surface area contributed by atoms with Crippen LogP contribution in [0.4, 0.5) is 0 Å². The first kappa shape index (κ1) is 14.8. The molecule has 2 unspecified atom stereocenters. The van der Waals surface area contributed by atoms with Gasteiger partial charge in [0.25, 0.3) is 0 Å². The van der Waals surface area contributed by atoms with Crippen molar-refractivity contribution in [2.45, 2.75) is 38.8 Å². The first-order valence-electron chi connectivity index (χ1n) is 7.17. The van der Waals surface area contributed by atoms with E-state index in [0.717, 1.165) is 18.5 Å². The van der Waals surface area contributed by atoms with Crippen LogP contribution in [0.15, 0.2) is 42.7 Å². The van der Waals surface area contributed by atoms with Crippen LogP contribution >= 0.6 is 0 Å². The van der Waals surface area contributed by atoms with E-state index in [2.05, 4.69) is 30.5 Å². The van der Waals surface area contributed by atoms with Gasteiger partial charge in [0.2, 0.25) is 0 Å². The zero-order valence-electron chi connectivity index (χ0n) is 12.2. The van der Waals surface area contributed by atoms with Gasteiger partial charge in [-0.05, 0) is 38.8 Å². The molecule has 2 aromatic rings. The minimum absolute atomic E-state index is 0.251. The van der Waals surface area contributed by atoms with Gasteiger partial charge in [0.05, 0.1) is 11.9 Å². The van der Waals surface area contributed by atoms with Gasteiger partial charge < -0.3 is 10.4 Å². The lowest BCUT2D eigenvalue weighted by molar-refractivity contribution is 0.274. The predicted molar refractivity (Wildman–Crippen MR) is 80.9 cm³/mol. The van der Waals surface area contributed by atoms with Crippen molar-refractivity contribution >= 4 is 0 Å². The highest BCUT2D eigenvalue weighted by Gasteiger charge is 2.11. The number of para-hydroxylation sites is 1. The summed E-state index contributed by atoms with van der Waals surface area (Å²) in [5.74, 6) is 0. The first-order valence-corrected chi connectivity index (χ1v) is 7.17. The van der Waals surface area contributed by atoms with E-state index in [-0.39, 0.29) is 12.6 Å². The predicted octanol–water partition coefficient (Wildman–Crippen LogP) is 2.68. The lowest BCUT2D eigenvalue weighted by atomic mass is 10.1. The maximum atomic E-state index is 8.85. The smallest absolute Gasteiger partial charge is 0.0645 e. The Balaban J connectivity index is 1.98. The van der Waals surface area contributed by atoms with Crippen molar-refractivity contribution in [3.8, 4) is 5.69 Å². The Hall–Kier alpha value is -1.65. The van der Waals surface area contributed by atoms with E-state index in [9.17, 15) is 0 Å². The molecule has 0 aliphatic rings. The van der Waals surface area contributed by atoms with Crippen molar-refractivity contribution in [3.05, 3.63) is 48.3 Å². The van der Waals surface area contributed by atoms with E-state index < -0.39 is 0 Å². The van der Waals surface area contributed by atoms with Crippen LogP contribution in [0.5, 0.6) is 0 Å². The highest BCUT2D eigenvalue weighted by Crippen LogP contribution is 2.15. The number of nitrogens with one attached hydrogen (secondary N) is 1. The van der Waals surface area contributed by atoms with Crippen LogP contribution in [-0.4, -0.2) is 27.5 Å². The lowest BCUT2D eigenvalue weighted by Gasteiger charge is -2.18. The van der Waals surface area contributed by atoms with E-state index in [0.29, 0.717) is 6.04 Å². The van der Waals surface area contributed by atoms with Gasteiger partial charge in [0.1, 0.15) is 0 Å². The molecule has 108 valence electrons. The maximum absolute atomic E-state index is 8.85. The Labute approximate surface area is 120 Å². The van der Waals surface area contributed by atoms with Gasteiger partial charge in [0.15, 0.2) is 0 Å². The molecule has 2 rings (SSSR count). The van der Waals surface area contributed by atoms with Crippen molar-refractivity contribution in [3.63, 3.8) is 0 Å². The van der Waals surface area contributed by atoms with Crippen LogP contribution in [0.3, 0.4) is 0 Å². The maximum Gasteiger partial charge on any atom is 0.0645 e. The Morgan fingerprint density at radius 1 is 1.25 bits per heavy atom. The Bertz CT molecular complexity index is 509. The monoisotopic (exact) mass is 273 g/mol. The molecule has 0 aliphatic heterocycles. The SMILES string of the molecule is CC(CCCO)NC(C)c1cnn(-c2ccccc2)c1. The molecule has 20 heavy (non-hydrogen) atoms. The molecule has 1 aromatic heterocycles. The summed E-state index contributed by atoms with van der Waals surface area (Å²) in [4.78, 5) is 0. The molecule has 0 bridgehead atoms. The molecule has 0 spiro atoms. The molecule has 4 heteroatoms. The summed E-state index contributed by atoms with van der Waals surface area (Å²) in [7, 11) is 0. The van der Waals surface area contributed by atoms with E-state index in [1.807, 2.05) is 41.2 Å². The molecule has 1 aromatic carbocycles. The standard InChI is InChI=1S/C16H23N3O/c1-13(7-6-10-20)18-14(2)15-11-17-19(12-15)16-8-4-3-5-9-16/h3-5,8-9,11-14,18,20H,6-7,10H2,1-2H3.